The average Bonchev–Trinajstić information content (AvgIpc) is 3.02. The number of amides is 1. The first-order chi connectivity index (χ1) is 9.51. The van der Waals surface area contributed by atoms with Crippen LogP contribution in [0.25, 0.3) is 0 Å². The zero-order valence-electron chi connectivity index (χ0n) is 11.9. The molecule has 0 aliphatic heterocycles. The van der Waals surface area contributed by atoms with Crippen LogP contribution in [0.3, 0.4) is 0 Å². The van der Waals surface area contributed by atoms with Crippen LogP contribution in [0.5, 0.6) is 0 Å². The highest BCUT2D eigenvalue weighted by molar-refractivity contribution is 7.11. The molecule has 110 valence electrons. The fraction of sp³-hybridized carbons (Fsp3) is 0.600. The van der Waals surface area contributed by atoms with Crippen molar-refractivity contribution in [2.75, 3.05) is 0 Å². The summed E-state index contributed by atoms with van der Waals surface area (Å²) in [7, 11) is 0. The molecule has 0 saturated heterocycles. The predicted octanol–water partition coefficient (Wildman–Crippen LogP) is 2.67. The lowest BCUT2D eigenvalue weighted by atomic mass is 9.95. The summed E-state index contributed by atoms with van der Waals surface area (Å²) in [6, 6.07) is 4.10. The molecule has 2 N–H and O–H groups in total. The van der Waals surface area contributed by atoms with Gasteiger partial charge in [0.15, 0.2) is 0 Å². The van der Waals surface area contributed by atoms with Gasteiger partial charge in [-0.2, -0.15) is 0 Å². The molecule has 1 aromatic rings. The van der Waals surface area contributed by atoms with Gasteiger partial charge >= 0.3 is 5.97 Å². The number of carboxylic acid groups (broad SMARTS) is 1. The van der Waals surface area contributed by atoms with Crippen molar-refractivity contribution in [3.63, 3.8) is 0 Å². The number of carbonyl (C=O) groups excluding carboxylic acids is 1. The Morgan fingerprint density at radius 1 is 1.30 bits per heavy atom. The molecule has 20 heavy (non-hydrogen) atoms. The monoisotopic (exact) mass is 295 g/mol. The second-order valence-electron chi connectivity index (χ2n) is 5.57. The predicted molar refractivity (Wildman–Crippen MR) is 78.6 cm³/mol. The van der Waals surface area contributed by atoms with E-state index < -0.39 is 11.9 Å². The molecule has 5 heteroatoms. The largest absolute Gasteiger partial charge is 0.481 e. The second-order valence-corrected chi connectivity index (χ2v) is 6.82. The molecule has 1 aliphatic carbocycles. The molecule has 2 rings (SSSR count). The van der Waals surface area contributed by atoms with E-state index in [2.05, 4.69) is 18.3 Å². The van der Waals surface area contributed by atoms with E-state index in [0.29, 0.717) is 25.3 Å². The standard InChI is InChI=1S/C15H21NO3S/c1-3-10-4-5-11(20-10)8-16-14(17)12-6-9(2)7-13(12)15(18)19/h4-5,9,12-13H,3,6-8H2,1-2H3,(H,16,17)(H,18,19). The molecule has 4 nitrogen and oxygen atoms in total. The maximum Gasteiger partial charge on any atom is 0.307 e. The van der Waals surface area contributed by atoms with E-state index in [9.17, 15) is 14.7 Å². The summed E-state index contributed by atoms with van der Waals surface area (Å²) < 4.78 is 0. The number of rotatable bonds is 5. The van der Waals surface area contributed by atoms with E-state index in [0.717, 1.165) is 11.3 Å². The smallest absolute Gasteiger partial charge is 0.307 e. The lowest BCUT2D eigenvalue weighted by molar-refractivity contribution is -0.146. The Kier molecular flexibility index (Phi) is 4.81. The van der Waals surface area contributed by atoms with Gasteiger partial charge in [-0.25, -0.2) is 0 Å². The summed E-state index contributed by atoms with van der Waals surface area (Å²) in [5.41, 5.74) is 0. The first-order valence-corrected chi connectivity index (χ1v) is 7.91. The summed E-state index contributed by atoms with van der Waals surface area (Å²) in [6.45, 7) is 4.61. The molecular formula is C15H21NO3S. The van der Waals surface area contributed by atoms with Crippen molar-refractivity contribution in [1.82, 2.24) is 5.32 Å². The van der Waals surface area contributed by atoms with Crippen LogP contribution in [0.15, 0.2) is 12.1 Å². The minimum Gasteiger partial charge on any atom is -0.481 e. The molecule has 3 unspecified atom stereocenters. The van der Waals surface area contributed by atoms with Crippen molar-refractivity contribution < 1.29 is 14.7 Å². The van der Waals surface area contributed by atoms with E-state index >= 15 is 0 Å². The quantitative estimate of drug-likeness (QED) is 0.877. The zero-order chi connectivity index (χ0) is 14.7. The van der Waals surface area contributed by atoms with Gasteiger partial charge in [-0.3, -0.25) is 9.59 Å². The van der Waals surface area contributed by atoms with Crippen molar-refractivity contribution in [1.29, 1.82) is 0 Å². The topological polar surface area (TPSA) is 66.4 Å². The van der Waals surface area contributed by atoms with Crippen molar-refractivity contribution >= 4 is 23.2 Å². The van der Waals surface area contributed by atoms with E-state index in [1.165, 1.54) is 4.88 Å². The molecule has 1 heterocycles. The van der Waals surface area contributed by atoms with Gasteiger partial charge in [0.2, 0.25) is 5.91 Å². The number of nitrogens with one attached hydrogen (secondary N) is 1. The Morgan fingerprint density at radius 3 is 2.55 bits per heavy atom. The molecule has 0 bridgehead atoms. The molecule has 0 aromatic carbocycles. The number of hydrogen-bond acceptors (Lipinski definition) is 3. The van der Waals surface area contributed by atoms with Crippen molar-refractivity contribution in [3.05, 3.63) is 21.9 Å². The van der Waals surface area contributed by atoms with Gasteiger partial charge in [0.1, 0.15) is 0 Å². The van der Waals surface area contributed by atoms with Gasteiger partial charge in [-0.05, 0) is 37.3 Å². The number of aliphatic carboxylic acids is 1. The Labute approximate surface area is 123 Å². The van der Waals surface area contributed by atoms with E-state index in [1.807, 2.05) is 13.0 Å². The third kappa shape index (κ3) is 3.39. The highest BCUT2D eigenvalue weighted by atomic mass is 32.1. The van der Waals surface area contributed by atoms with Gasteiger partial charge in [0, 0.05) is 9.75 Å². The third-order valence-electron chi connectivity index (χ3n) is 3.95. The fourth-order valence-corrected chi connectivity index (χ4v) is 3.76. The molecule has 1 aliphatic rings. The Bertz CT molecular complexity index is 497. The van der Waals surface area contributed by atoms with Crippen LogP contribution in [0, 0.1) is 17.8 Å². The molecular weight excluding hydrogens is 274 g/mol. The normalized spacial score (nSPS) is 25.6. The number of thiophene rings is 1. The van der Waals surface area contributed by atoms with Crippen molar-refractivity contribution in [2.24, 2.45) is 17.8 Å². The van der Waals surface area contributed by atoms with Crippen LogP contribution >= 0.6 is 11.3 Å². The highest BCUT2D eigenvalue weighted by Crippen LogP contribution is 2.36. The lowest BCUT2D eigenvalue weighted by Crippen LogP contribution is -2.34. The van der Waals surface area contributed by atoms with Gasteiger partial charge in [0.25, 0.3) is 0 Å². The first-order valence-electron chi connectivity index (χ1n) is 7.09. The minimum absolute atomic E-state index is 0.117. The number of carbonyl (C=O) groups is 2. The molecule has 3 atom stereocenters. The number of aryl methyl sites for hydroxylation is 1. The Balaban J connectivity index is 1.92. The summed E-state index contributed by atoms with van der Waals surface area (Å²) in [5.74, 6) is -1.57. The second kappa shape index (κ2) is 6.39. The maximum absolute atomic E-state index is 12.2. The van der Waals surface area contributed by atoms with Crippen molar-refractivity contribution in [2.45, 2.75) is 39.7 Å². The number of hydrogen-bond donors (Lipinski definition) is 2. The van der Waals surface area contributed by atoms with E-state index in [4.69, 9.17) is 0 Å². The van der Waals surface area contributed by atoms with E-state index in [-0.39, 0.29) is 11.8 Å². The van der Waals surface area contributed by atoms with E-state index in [1.54, 1.807) is 11.3 Å². The SMILES string of the molecule is CCc1ccc(CNC(=O)C2CC(C)CC2C(=O)O)s1. The summed E-state index contributed by atoms with van der Waals surface area (Å²) >= 11 is 1.69. The third-order valence-corrected chi connectivity index (χ3v) is 5.18. The van der Waals surface area contributed by atoms with Gasteiger partial charge in [-0.15, -0.1) is 11.3 Å². The molecule has 1 saturated carbocycles. The van der Waals surface area contributed by atoms with Crippen molar-refractivity contribution in [3.8, 4) is 0 Å². The van der Waals surface area contributed by atoms with Gasteiger partial charge in [-0.1, -0.05) is 13.8 Å². The Morgan fingerprint density at radius 2 is 1.95 bits per heavy atom. The van der Waals surface area contributed by atoms with Crippen LogP contribution in [0.1, 0.15) is 36.4 Å². The highest BCUT2D eigenvalue weighted by Gasteiger charge is 2.40. The van der Waals surface area contributed by atoms with Crippen LogP contribution in [-0.2, 0) is 22.6 Å². The van der Waals surface area contributed by atoms with Gasteiger partial charge in [0.05, 0.1) is 18.4 Å². The van der Waals surface area contributed by atoms with Crippen LogP contribution in [-0.4, -0.2) is 17.0 Å². The fourth-order valence-electron chi connectivity index (χ4n) is 2.87. The maximum atomic E-state index is 12.2. The summed E-state index contributed by atoms with van der Waals surface area (Å²) in [6.07, 6.45) is 2.28. The lowest BCUT2D eigenvalue weighted by Gasteiger charge is -2.15. The minimum atomic E-state index is -0.848. The summed E-state index contributed by atoms with van der Waals surface area (Å²) in [4.78, 5) is 25.8. The molecule has 1 fully saturated rings. The van der Waals surface area contributed by atoms with Crippen LogP contribution < -0.4 is 5.32 Å². The number of carboxylic acids is 1. The first kappa shape index (κ1) is 15.0. The average molecular weight is 295 g/mol. The van der Waals surface area contributed by atoms with Crippen LogP contribution in [0.4, 0.5) is 0 Å². The molecule has 0 radical (unpaired) electrons. The summed E-state index contributed by atoms with van der Waals surface area (Å²) in [5, 5.41) is 12.1. The van der Waals surface area contributed by atoms with Crippen LogP contribution in [0.2, 0.25) is 0 Å². The molecule has 0 spiro atoms. The molecule has 1 amide bonds. The Hall–Kier alpha value is -1.36. The zero-order valence-corrected chi connectivity index (χ0v) is 12.7. The van der Waals surface area contributed by atoms with Gasteiger partial charge < -0.3 is 10.4 Å². The molecule has 1 aromatic heterocycles.